The van der Waals surface area contributed by atoms with Gasteiger partial charge in [0.25, 0.3) is 0 Å². The molecule has 212 valence electrons. The summed E-state index contributed by atoms with van der Waals surface area (Å²) in [5, 5.41) is 17.9. The molecule has 0 aliphatic heterocycles. The summed E-state index contributed by atoms with van der Waals surface area (Å²) in [6.45, 7) is 3.14. The van der Waals surface area contributed by atoms with Crippen LogP contribution in [0.1, 0.15) is 55.3 Å². The Hall–Kier alpha value is -4.07. The topological polar surface area (TPSA) is 114 Å². The van der Waals surface area contributed by atoms with Gasteiger partial charge >= 0.3 is 0 Å². The molecule has 0 fully saturated rings. The second-order valence-electron chi connectivity index (χ2n) is 7.79. The number of rotatable bonds is 8. The average molecular weight is 584 g/mol. The van der Waals surface area contributed by atoms with E-state index in [0.29, 0.717) is 22.3 Å². The zero-order valence-corrected chi connectivity index (χ0v) is 24.6. The number of carbonyl (C=O) groups is 4. The molecule has 6 nitrogen and oxygen atoms in total. The number of hydrogen-bond donors (Lipinski definition) is 0. The van der Waals surface area contributed by atoms with Crippen molar-refractivity contribution in [2.75, 3.05) is 13.2 Å². The minimum absolute atomic E-state index is 0. The summed E-state index contributed by atoms with van der Waals surface area (Å²) in [5.41, 5.74) is 2.10. The monoisotopic (exact) mass is 584 g/mol. The van der Waals surface area contributed by atoms with Gasteiger partial charge in [-0.25, -0.2) is 0 Å². The number of Topliss-reactive ketones (excluding diaryl/α,β-unsaturated/α-hetero) is 4. The first-order valence-electron chi connectivity index (χ1n) is 12.6. The Labute approximate surface area is 257 Å². The molecule has 0 spiro atoms. The minimum Gasteiger partial charge on any atom is -0.855 e. The Morgan fingerprint density at radius 2 is 0.585 bits per heavy atom. The minimum atomic E-state index is -0.264. The Kier molecular flexibility index (Phi) is 20.5. The third-order valence-corrected chi connectivity index (χ3v) is 4.76. The van der Waals surface area contributed by atoms with E-state index in [1.54, 1.807) is 111 Å². The molecule has 0 aliphatic rings. The standard InChI is InChI=1S/2C15H11O2.2C2H5O.Ti/c2*16-14(12-7-3-1-4-8-12)11-15(17)13-9-5-2-6-10-13;2*1-2-3;/h2*1-11H;2*2H2,1H3;/q4*-1;. The molecule has 4 rings (SSSR count). The molecule has 0 amide bonds. The van der Waals surface area contributed by atoms with E-state index in [9.17, 15) is 19.2 Å². The van der Waals surface area contributed by atoms with Crippen LogP contribution in [0.4, 0.5) is 0 Å². The molecule has 0 N–H and O–H groups in total. The number of benzene rings is 4. The van der Waals surface area contributed by atoms with Crippen LogP contribution in [-0.2, 0) is 21.7 Å². The molecule has 0 saturated heterocycles. The SMILES string of the molecule is CC[O-].CC[O-].O=C([CH-]C(=O)c1ccccc1)c1ccccc1.O=C([CH-]C(=O)c1ccccc1)c1ccccc1.[Ti]. The molecule has 0 unspecified atom stereocenters. The van der Waals surface area contributed by atoms with Gasteiger partial charge in [-0.3, -0.25) is 0 Å². The fourth-order valence-corrected chi connectivity index (χ4v) is 2.98. The Bertz CT molecular complexity index is 1080. The molecule has 0 saturated carbocycles. The molecule has 0 atom stereocenters. The average Bonchev–Trinajstić information content (AvgIpc) is 3.00. The van der Waals surface area contributed by atoms with Gasteiger partial charge in [-0.2, -0.15) is 0 Å². The summed E-state index contributed by atoms with van der Waals surface area (Å²) >= 11 is 0. The number of ketones is 4. The van der Waals surface area contributed by atoms with Crippen molar-refractivity contribution < 1.29 is 51.1 Å². The molecule has 0 aromatic heterocycles. The second-order valence-corrected chi connectivity index (χ2v) is 7.79. The van der Waals surface area contributed by atoms with Crippen LogP contribution in [-0.4, -0.2) is 36.3 Å². The molecule has 4 aromatic rings. The first-order valence-corrected chi connectivity index (χ1v) is 12.6. The van der Waals surface area contributed by atoms with Crippen molar-refractivity contribution in [1.29, 1.82) is 0 Å². The summed E-state index contributed by atoms with van der Waals surface area (Å²) in [6.07, 6.45) is 2.26. The van der Waals surface area contributed by atoms with E-state index in [0.717, 1.165) is 12.8 Å². The molecule has 0 radical (unpaired) electrons. The number of carbonyl (C=O) groups excluding carboxylic acids is 4. The first-order chi connectivity index (χ1) is 19.4. The van der Waals surface area contributed by atoms with Crippen molar-refractivity contribution >= 4 is 23.1 Å². The van der Waals surface area contributed by atoms with Gasteiger partial charge in [0, 0.05) is 21.7 Å². The van der Waals surface area contributed by atoms with Gasteiger partial charge in [0.1, 0.15) is 0 Å². The van der Waals surface area contributed by atoms with Crippen LogP contribution in [0.3, 0.4) is 0 Å². The maximum absolute atomic E-state index is 11.8. The van der Waals surface area contributed by atoms with Crippen molar-refractivity contribution in [1.82, 2.24) is 0 Å². The summed E-state index contributed by atoms with van der Waals surface area (Å²) in [6, 6.07) is 35.0. The van der Waals surface area contributed by atoms with E-state index in [1.807, 2.05) is 24.3 Å². The molecule has 0 aliphatic carbocycles. The fourth-order valence-electron chi connectivity index (χ4n) is 2.98. The summed E-state index contributed by atoms with van der Waals surface area (Å²) in [5.74, 6) is -1.06. The molecule has 41 heavy (non-hydrogen) atoms. The van der Waals surface area contributed by atoms with Gasteiger partial charge in [-0.15, -0.1) is 61.7 Å². The second kappa shape index (κ2) is 22.7. The third kappa shape index (κ3) is 15.3. The largest absolute Gasteiger partial charge is 0.855 e. The van der Waals surface area contributed by atoms with Crippen LogP contribution in [0.15, 0.2) is 121 Å². The number of hydrogen-bond acceptors (Lipinski definition) is 6. The van der Waals surface area contributed by atoms with Crippen LogP contribution >= 0.6 is 0 Å². The van der Waals surface area contributed by atoms with Gasteiger partial charge in [0.05, 0.1) is 23.1 Å². The van der Waals surface area contributed by atoms with Gasteiger partial charge in [0.15, 0.2) is 0 Å². The molecule has 0 heterocycles. The fraction of sp³-hybridized carbons (Fsp3) is 0.118. The van der Waals surface area contributed by atoms with Crippen LogP contribution in [0.5, 0.6) is 0 Å². The smallest absolute Gasteiger partial charge is 0.0832 e. The van der Waals surface area contributed by atoms with E-state index in [4.69, 9.17) is 10.2 Å². The molecular formula is C34H32O6Ti-4. The summed E-state index contributed by atoms with van der Waals surface area (Å²) in [4.78, 5) is 47.0. The van der Waals surface area contributed by atoms with Gasteiger partial charge in [0.2, 0.25) is 0 Å². The van der Waals surface area contributed by atoms with Gasteiger partial charge < -0.3 is 29.4 Å². The van der Waals surface area contributed by atoms with Crippen LogP contribution in [0.25, 0.3) is 0 Å². The quantitative estimate of drug-likeness (QED) is 0.129. The Morgan fingerprint density at radius 3 is 0.732 bits per heavy atom. The van der Waals surface area contributed by atoms with Gasteiger partial charge in [-0.05, 0) is 0 Å². The van der Waals surface area contributed by atoms with Crippen molar-refractivity contribution in [3.8, 4) is 0 Å². The summed E-state index contributed by atoms with van der Waals surface area (Å²) in [7, 11) is 0. The predicted molar refractivity (Wildman–Crippen MR) is 153 cm³/mol. The first kappa shape index (κ1) is 36.9. The van der Waals surface area contributed by atoms with Crippen molar-refractivity contribution in [2.45, 2.75) is 13.8 Å². The van der Waals surface area contributed by atoms with E-state index in [-0.39, 0.29) is 58.1 Å². The van der Waals surface area contributed by atoms with E-state index >= 15 is 0 Å². The van der Waals surface area contributed by atoms with Crippen molar-refractivity contribution in [3.63, 3.8) is 0 Å². The maximum Gasteiger partial charge on any atom is 0.0832 e. The zero-order chi connectivity index (χ0) is 29.6. The molecule has 0 bridgehead atoms. The predicted octanol–water partition coefficient (Wildman–Crippen LogP) is 4.64. The normalized spacial score (nSPS) is 8.88. The third-order valence-electron chi connectivity index (χ3n) is 4.76. The van der Waals surface area contributed by atoms with Gasteiger partial charge in [-0.1, -0.05) is 122 Å². The molecule has 7 heteroatoms. The van der Waals surface area contributed by atoms with E-state index in [1.165, 1.54) is 0 Å². The van der Waals surface area contributed by atoms with Crippen molar-refractivity contribution in [2.24, 2.45) is 0 Å². The molecule has 4 aromatic carbocycles. The summed E-state index contributed by atoms with van der Waals surface area (Å²) < 4.78 is 0. The molecular weight excluding hydrogens is 552 g/mol. The maximum atomic E-state index is 11.8. The van der Waals surface area contributed by atoms with Crippen LogP contribution < -0.4 is 10.2 Å². The van der Waals surface area contributed by atoms with Crippen molar-refractivity contribution in [3.05, 3.63) is 156 Å². The zero-order valence-electron chi connectivity index (χ0n) is 23.1. The Balaban J connectivity index is 0.000000642. The van der Waals surface area contributed by atoms with Crippen LogP contribution in [0.2, 0.25) is 0 Å². The van der Waals surface area contributed by atoms with E-state index < -0.39 is 0 Å². The van der Waals surface area contributed by atoms with E-state index in [2.05, 4.69) is 0 Å². The van der Waals surface area contributed by atoms with Crippen LogP contribution in [0, 0.1) is 12.8 Å². The Morgan fingerprint density at radius 1 is 0.439 bits per heavy atom.